The highest BCUT2D eigenvalue weighted by Crippen LogP contribution is 2.49. The van der Waals surface area contributed by atoms with Crippen LogP contribution < -0.4 is 4.90 Å². The fourth-order valence-electron chi connectivity index (χ4n) is 4.37. The quantitative estimate of drug-likeness (QED) is 0.503. The Balaban J connectivity index is 1.86. The number of fused-ring (bicyclic) bond motifs is 3. The molecule has 0 N–H and O–H groups in total. The first kappa shape index (κ1) is 16.9. The molecule has 0 aliphatic heterocycles. The highest BCUT2D eigenvalue weighted by Gasteiger charge is 2.35. The molecule has 0 saturated carbocycles. The Labute approximate surface area is 157 Å². The van der Waals surface area contributed by atoms with Gasteiger partial charge >= 0.3 is 0 Å². The molecule has 0 bridgehead atoms. The Hall–Kier alpha value is -2.54. The molecule has 0 amide bonds. The van der Waals surface area contributed by atoms with Crippen LogP contribution in [-0.2, 0) is 5.41 Å². The van der Waals surface area contributed by atoms with Crippen molar-refractivity contribution in [2.45, 2.75) is 46.1 Å². The fourth-order valence-corrected chi connectivity index (χ4v) is 4.37. The summed E-state index contributed by atoms with van der Waals surface area (Å²) in [5.74, 6) is 0. The zero-order chi connectivity index (χ0) is 18.5. The van der Waals surface area contributed by atoms with Crippen LogP contribution in [0.25, 0.3) is 11.1 Å². The molecule has 4 rings (SSSR count). The summed E-state index contributed by atoms with van der Waals surface area (Å²) in [5.41, 5.74) is 9.47. The predicted molar refractivity (Wildman–Crippen MR) is 112 cm³/mol. The molecule has 0 atom stereocenters. The monoisotopic (exact) mass is 341 g/mol. The lowest BCUT2D eigenvalue weighted by atomic mass is 9.82. The molecule has 0 unspecified atom stereocenters. The van der Waals surface area contributed by atoms with Gasteiger partial charge in [-0.1, -0.05) is 56.3 Å². The van der Waals surface area contributed by atoms with Gasteiger partial charge < -0.3 is 4.90 Å². The summed E-state index contributed by atoms with van der Waals surface area (Å²) in [6.07, 6.45) is 0. The summed E-state index contributed by atoms with van der Waals surface area (Å²) in [4.78, 5) is 2.44. The van der Waals surface area contributed by atoms with Crippen molar-refractivity contribution in [3.63, 3.8) is 0 Å². The summed E-state index contributed by atoms with van der Waals surface area (Å²) in [5, 5.41) is 0. The van der Waals surface area contributed by atoms with Crippen LogP contribution in [0.15, 0.2) is 66.7 Å². The Bertz CT molecular complexity index is 965. The smallest absolute Gasteiger partial charge is 0.0416 e. The van der Waals surface area contributed by atoms with Crippen molar-refractivity contribution in [2.75, 3.05) is 4.90 Å². The minimum atomic E-state index is 0.0389. The van der Waals surface area contributed by atoms with Gasteiger partial charge in [0.1, 0.15) is 0 Å². The van der Waals surface area contributed by atoms with Crippen LogP contribution in [-0.4, -0.2) is 6.04 Å². The van der Waals surface area contributed by atoms with Gasteiger partial charge in [0.25, 0.3) is 0 Å². The first-order valence-electron chi connectivity index (χ1n) is 9.50. The SMILES string of the molecule is Cc1cccc(N(c2ccc3c(c2)C(C)(C)c2ccccc2-3)C(C)C)c1. The average molecular weight is 341 g/mol. The molecule has 1 nitrogen and oxygen atoms in total. The van der Waals surface area contributed by atoms with Crippen molar-refractivity contribution < 1.29 is 0 Å². The second-order valence-corrected chi connectivity index (χ2v) is 8.20. The van der Waals surface area contributed by atoms with Gasteiger partial charge in [-0.3, -0.25) is 0 Å². The van der Waals surface area contributed by atoms with E-state index in [1.165, 1.54) is 39.2 Å². The van der Waals surface area contributed by atoms with Crippen LogP contribution >= 0.6 is 0 Å². The van der Waals surface area contributed by atoms with E-state index in [1.54, 1.807) is 0 Å². The molecule has 0 radical (unpaired) electrons. The molecule has 0 heterocycles. The minimum absolute atomic E-state index is 0.0389. The maximum absolute atomic E-state index is 2.44. The van der Waals surface area contributed by atoms with E-state index < -0.39 is 0 Å². The third-order valence-electron chi connectivity index (χ3n) is 5.64. The van der Waals surface area contributed by atoms with E-state index in [4.69, 9.17) is 0 Å². The highest BCUT2D eigenvalue weighted by atomic mass is 15.2. The van der Waals surface area contributed by atoms with Gasteiger partial charge in [-0.25, -0.2) is 0 Å². The first-order chi connectivity index (χ1) is 12.4. The van der Waals surface area contributed by atoms with E-state index in [2.05, 4.69) is 106 Å². The summed E-state index contributed by atoms with van der Waals surface area (Å²) >= 11 is 0. The van der Waals surface area contributed by atoms with Gasteiger partial charge in [0, 0.05) is 22.8 Å². The molecule has 1 aliphatic rings. The Morgan fingerprint density at radius 3 is 2.15 bits per heavy atom. The van der Waals surface area contributed by atoms with Crippen LogP contribution in [0.1, 0.15) is 44.4 Å². The summed E-state index contributed by atoms with van der Waals surface area (Å²) in [7, 11) is 0. The number of nitrogens with zero attached hydrogens (tertiary/aromatic N) is 1. The topological polar surface area (TPSA) is 3.24 Å². The lowest BCUT2D eigenvalue weighted by Crippen LogP contribution is -2.26. The molecule has 3 aromatic rings. The van der Waals surface area contributed by atoms with E-state index in [1.807, 2.05) is 0 Å². The van der Waals surface area contributed by atoms with Crippen LogP contribution in [0, 0.1) is 6.92 Å². The molecule has 0 spiro atoms. The van der Waals surface area contributed by atoms with Gasteiger partial charge in [0.2, 0.25) is 0 Å². The molecule has 0 fully saturated rings. The second kappa shape index (κ2) is 6.02. The van der Waals surface area contributed by atoms with E-state index in [0.29, 0.717) is 6.04 Å². The molecule has 0 saturated heterocycles. The lowest BCUT2D eigenvalue weighted by molar-refractivity contribution is 0.659. The molecular weight excluding hydrogens is 314 g/mol. The molecule has 26 heavy (non-hydrogen) atoms. The highest BCUT2D eigenvalue weighted by molar-refractivity contribution is 5.83. The van der Waals surface area contributed by atoms with Gasteiger partial charge in [-0.2, -0.15) is 0 Å². The van der Waals surface area contributed by atoms with Crippen molar-refractivity contribution in [3.05, 3.63) is 83.4 Å². The number of rotatable bonds is 3. The Kier molecular flexibility index (Phi) is 3.91. The normalized spacial score (nSPS) is 14.2. The number of benzene rings is 3. The van der Waals surface area contributed by atoms with Crippen molar-refractivity contribution in [1.82, 2.24) is 0 Å². The standard InChI is InChI=1S/C25H27N/c1-17(2)26(19-10-8-9-18(3)15-19)20-13-14-22-21-11-6-7-12-23(21)25(4,5)24(22)16-20/h6-17H,1-5H3. The van der Waals surface area contributed by atoms with Gasteiger partial charge in [-0.15, -0.1) is 0 Å². The van der Waals surface area contributed by atoms with Crippen LogP contribution in [0.3, 0.4) is 0 Å². The van der Waals surface area contributed by atoms with Gasteiger partial charge in [-0.05, 0) is 72.9 Å². The fraction of sp³-hybridized carbons (Fsp3) is 0.280. The van der Waals surface area contributed by atoms with E-state index in [-0.39, 0.29) is 5.41 Å². The third-order valence-corrected chi connectivity index (χ3v) is 5.64. The summed E-state index contributed by atoms with van der Waals surface area (Å²) in [6, 6.07) is 25.0. The molecule has 3 aromatic carbocycles. The largest absolute Gasteiger partial charge is 0.339 e. The molecule has 1 heteroatoms. The van der Waals surface area contributed by atoms with Crippen molar-refractivity contribution in [3.8, 4) is 11.1 Å². The molecule has 1 aliphatic carbocycles. The number of anilines is 2. The van der Waals surface area contributed by atoms with Crippen LogP contribution in [0.4, 0.5) is 11.4 Å². The zero-order valence-corrected chi connectivity index (χ0v) is 16.4. The van der Waals surface area contributed by atoms with Crippen molar-refractivity contribution in [1.29, 1.82) is 0 Å². The number of hydrogen-bond donors (Lipinski definition) is 0. The second-order valence-electron chi connectivity index (χ2n) is 8.20. The lowest BCUT2D eigenvalue weighted by Gasteiger charge is -2.31. The van der Waals surface area contributed by atoms with E-state index in [9.17, 15) is 0 Å². The van der Waals surface area contributed by atoms with Gasteiger partial charge in [0.15, 0.2) is 0 Å². The number of aryl methyl sites for hydroxylation is 1. The Morgan fingerprint density at radius 1 is 0.731 bits per heavy atom. The van der Waals surface area contributed by atoms with Gasteiger partial charge in [0.05, 0.1) is 0 Å². The zero-order valence-electron chi connectivity index (χ0n) is 16.4. The van der Waals surface area contributed by atoms with Crippen LogP contribution in [0.5, 0.6) is 0 Å². The number of hydrogen-bond acceptors (Lipinski definition) is 1. The molecular formula is C25H27N. The summed E-state index contributed by atoms with van der Waals surface area (Å²) in [6.45, 7) is 11.4. The third kappa shape index (κ3) is 2.54. The predicted octanol–water partition coefficient (Wildman–Crippen LogP) is 6.85. The summed E-state index contributed by atoms with van der Waals surface area (Å²) < 4.78 is 0. The molecule has 132 valence electrons. The maximum Gasteiger partial charge on any atom is 0.0416 e. The maximum atomic E-state index is 2.44. The van der Waals surface area contributed by atoms with Crippen molar-refractivity contribution in [2.24, 2.45) is 0 Å². The Morgan fingerprint density at radius 2 is 1.42 bits per heavy atom. The molecule has 0 aromatic heterocycles. The van der Waals surface area contributed by atoms with Crippen LogP contribution in [0.2, 0.25) is 0 Å². The van der Waals surface area contributed by atoms with Crippen molar-refractivity contribution >= 4 is 11.4 Å². The van der Waals surface area contributed by atoms with E-state index in [0.717, 1.165) is 0 Å². The average Bonchev–Trinajstić information content (AvgIpc) is 2.83. The van der Waals surface area contributed by atoms with E-state index >= 15 is 0 Å². The first-order valence-corrected chi connectivity index (χ1v) is 9.50. The minimum Gasteiger partial charge on any atom is -0.339 e.